The van der Waals surface area contributed by atoms with E-state index in [1.54, 1.807) is 0 Å². The van der Waals surface area contributed by atoms with E-state index < -0.39 is 18.3 Å². The van der Waals surface area contributed by atoms with Crippen LogP contribution in [0.3, 0.4) is 0 Å². The van der Waals surface area contributed by atoms with E-state index in [1.807, 2.05) is 0 Å². The summed E-state index contributed by atoms with van der Waals surface area (Å²) in [5, 5.41) is 0. The lowest BCUT2D eigenvalue weighted by Gasteiger charge is -2.00. The highest BCUT2D eigenvalue weighted by Crippen LogP contribution is 2.20. The van der Waals surface area contributed by atoms with E-state index in [4.69, 9.17) is 0 Å². The lowest BCUT2D eigenvalue weighted by Crippen LogP contribution is -2.14. The van der Waals surface area contributed by atoms with E-state index in [1.165, 1.54) is 25.3 Å². The minimum absolute atomic E-state index is 0.0716. The predicted molar refractivity (Wildman–Crippen MR) is 53.1 cm³/mol. The molecule has 0 aliphatic heterocycles. The van der Waals surface area contributed by atoms with Gasteiger partial charge in [0.05, 0.1) is 18.2 Å². The van der Waals surface area contributed by atoms with Crippen LogP contribution in [0.25, 0.3) is 11.1 Å². The summed E-state index contributed by atoms with van der Waals surface area (Å²) in [6.45, 7) is -2.99. The fourth-order valence-electron chi connectivity index (χ4n) is 1.47. The number of halogens is 2. The SMILES string of the molecule is COC(=O)c1ccc2c(c1)oc(=O)n2C(F)F. The number of hydrogen-bond donors (Lipinski definition) is 0. The summed E-state index contributed by atoms with van der Waals surface area (Å²) in [5.41, 5.74) is -0.0361. The van der Waals surface area contributed by atoms with Gasteiger partial charge >= 0.3 is 18.3 Å². The van der Waals surface area contributed by atoms with Crippen molar-refractivity contribution in [2.24, 2.45) is 0 Å². The maximum atomic E-state index is 12.5. The number of alkyl halides is 2. The average Bonchev–Trinajstić information content (AvgIpc) is 2.62. The van der Waals surface area contributed by atoms with Crippen LogP contribution in [0.5, 0.6) is 0 Å². The van der Waals surface area contributed by atoms with Gasteiger partial charge in [-0.05, 0) is 18.2 Å². The van der Waals surface area contributed by atoms with Gasteiger partial charge in [0.1, 0.15) is 0 Å². The lowest BCUT2D eigenvalue weighted by atomic mass is 10.2. The molecule has 0 amide bonds. The molecule has 0 aliphatic carbocycles. The van der Waals surface area contributed by atoms with Gasteiger partial charge in [0.15, 0.2) is 5.58 Å². The van der Waals surface area contributed by atoms with Crippen molar-refractivity contribution in [3.8, 4) is 0 Å². The Balaban J connectivity index is 2.66. The number of hydrogen-bond acceptors (Lipinski definition) is 4. The van der Waals surface area contributed by atoms with Crippen LogP contribution in [-0.4, -0.2) is 17.6 Å². The summed E-state index contributed by atoms with van der Waals surface area (Å²) >= 11 is 0. The Kier molecular flexibility index (Phi) is 2.66. The Morgan fingerprint density at radius 2 is 2.18 bits per heavy atom. The van der Waals surface area contributed by atoms with E-state index in [0.717, 1.165) is 0 Å². The number of benzene rings is 1. The molecule has 90 valence electrons. The quantitative estimate of drug-likeness (QED) is 0.754. The van der Waals surface area contributed by atoms with Crippen LogP contribution in [0.4, 0.5) is 8.78 Å². The summed E-state index contributed by atoms with van der Waals surface area (Å²) in [6.07, 6.45) is 0. The first-order valence-electron chi connectivity index (χ1n) is 4.56. The van der Waals surface area contributed by atoms with E-state index in [2.05, 4.69) is 9.15 Å². The molecule has 0 atom stereocenters. The summed E-state index contributed by atoms with van der Waals surface area (Å²) in [5.74, 6) is -1.81. The molecule has 7 heteroatoms. The van der Waals surface area contributed by atoms with Crippen molar-refractivity contribution in [3.63, 3.8) is 0 Å². The van der Waals surface area contributed by atoms with Crippen molar-refractivity contribution >= 4 is 17.1 Å². The summed E-state index contributed by atoms with van der Waals surface area (Å²) in [7, 11) is 1.19. The number of methoxy groups -OCH3 is 1. The number of carbonyl (C=O) groups is 1. The Morgan fingerprint density at radius 3 is 2.76 bits per heavy atom. The van der Waals surface area contributed by atoms with Crippen LogP contribution < -0.4 is 5.76 Å². The number of oxazole rings is 1. The van der Waals surface area contributed by atoms with Gasteiger partial charge in [-0.25, -0.2) is 14.2 Å². The van der Waals surface area contributed by atoms with Crippen molar-refractivity contribution in [1.29, 1.82) is 0 Å². The summed E-state index contributed by atoms with van der Waals surface area (Å²) < 4.78 is 34.3. The highest BCUT2D eigenvalue weighted by Gasteiger charge is 2.18. The second kappa shape index (κ2) is 4.00. The van der Waals surface area contributed by atoms with Crippen LogP contribution in [-0.2, 0) is 4.74 Å². The third kappa shape index (κ3) is 1.79. The molecule has 0 bridgehead atoms. The fourth-order valence-corrected chi connectivity index (χ4v) is 1.47. The van der Waals surface area contributed by atoms with Gasteiger partial charge in [-0.15, -0.1) is 0 Å². The van der Waals surface area contributed by atoms with Crippen LogP contribution in [0.15, 0.2) is 27.4 Å². The molecule has 5 nitrogen and oxygen atoms in total. The second-order valence-corrected chi connectivity index (χ2v) is 3.19. The molecule has 0 unspecified atom stereocenters. The van der Waals surface area contributed by atoms with E-state index in [-0.39, 0.29) is 21.2 Å². The third-order valence-corrected chi connectivity index (χ3v) is 2.23. The van der Waals surface area contributed by atoms with Gasteiger partial charge in [0.25, 0.3) is 0 Å². The largest absolute Gasteiger partial charge is 0.465 e. The molecule has 1 aromatic carbocycles. The second-order valence-electron chi connectivity index (χ2n) is 3.19. The molecule has 1 heterocycles. The van der Waals surface area contributed by atoms with Crippen molar-refractivity contribution in [2.75, 3.05) is 7.11 Å². The van der Waals surface area contributed by atoms with Gasteiger partial charge in [-0.1, -0.05) is 0 Å². The molecular formula is C10H7F2NO4. The number of fused-ring (bicyclic) bond motifs is 1. The molecule has 17 heavy (non-hydrogen) atoms. The summed E-state index contributed by atoms with van der Waals surface area (Å²) in [6, 6.07) is 3.67. The normalized spacial score (nSPS) is 11.1. The molecule has 0 radical (unpaired) electrons. The van der Waals surface area contributed by atoms with Crippen LogP contribution >= 0.6 is 0 Å². The highest BCUT2D eigenvalue weighted by atomic mass is 19.3. The van der Waals surface area contributed by atoms with Crippen LogP contribution in [0.2, 0.25) is 0 Å². The fraction of sp³-hybridized carbons (Fsp3) is 0.200. The highest BCUT2D eigenvalue weighted by molar-refractivity contribution is 5.93. The maximum absolute atomic E-state index is 12.5. The van der Waals surface area contributed by atoms with Gasteiger partial charge in [-0.3, -0.25) is 0 Å². The van der Waals surface area contributed by atoms with Crippen LogP contribution in [0, 0.1) is 0 Å². The zero-order valence-corrected chi connectivity index (χ0v) is 8.65. The molecule has 0 fully saturated rings. The number of esters is 1. The molecule has 2 aromatic rings. The molecule has 0 N–H and O–H groups in total. The van der Waals surface area contributed by atoms with Crippen molar-refractivity contribution in [1.82, 2.24) is 4.57 Å². The van der Waals surface area contributed by atoms with E-state index in [9.17, 15) is 18.4 Å². The van der Waals surface area contributed by atoms with E-state index >= 15 is 0 Å². The van der Waals surface area contributed by atoms with Gasteiger partial charge in [0.2, 0.25) is 0 Å². The minimum Gasteiger partial charge on any atom is -0.465 e. The molecule has 1 aromatic heterocycles. The van der Waals surface area contributed by atoms with Crippen molar-refractivity contribution in [3.05, 3.63) is 34.3 Å². The molecule has 2 rings (SSSR count). The standard InChI is InChI=1S/C10H7F2NO4/c1-16-8(14)5-2-3-6-7(4-5)17-10(15)13(6)9(11)12/h2-4,9H,1H3. The number of carbonyl (C=O) groups excluding carboxylic acids is 1. The first-order valence-corrected chi connectivity index (χ1v) is 4.56. The molecule has 0 saturated carbocycles. The zero-order chi connectivity index (χ0) is 12.6. The maximum Gasteiger partial charge on any atom is 0.424 e. The molecule has 0 aliphatic rings. The van der Waals surface area contributed by atoms with E-state index in [0.29, 0.717) is 0 Å². The zero-order valence-electron chi connectivity index (χ0n) is 8.65. The number of ether oxygens (including phenoxy) is 1. The molecular weight excluding hydrogens is 236 g/mol. The van der Waals surface area contributed by atoms with Crippen molar-refractivity contribution in [2.45, 2.75) is 6.55 Å². The van der Waals surface area contributed by atoms with Crippen molar-refractivity contribution < 1.29 is 22.7 Å². The van der Waals surface area contributed by atoms with Crippen LogP contribution in [0.1, 0.15) is 16.9 Å². The predicted octanol–water partition coefficient (Wildman–Crippen LogP) is 1.78. The third-order valence-electron chi connectivity index (χ3n) is 2.23. The Morgan fingerprint density at radius 1 is 1.47 bits per heavy atom. The topological polar surface area (TPSA) is 61.4 Å². The molecule has 0 spiro atoms. The monoisotopic (exact) mass is 243 g/mol. The van der Waals surface area contributed by atoms with Gasteiger partial charge < -0.3 is 9.15 Å². The first kappa shape index (κ1) is 11.3. The Bertz CT molecular complexity index is 629. The number of rotatable bonds is 2. The first-order chi connectivity index (χ1) is 8.04. The summed E-state index contributed by atoms with van der Waals surface area (Å²) in [4.78, 5) is 22.3. The number of nitrogens with zero attached hydrogens (tertiary/aromatic N) is 1. The average molecular weight is 243 g/mol. The Hall–Kier alpha value is -2.18. The smallest absolute Gasteiger partial charge is 0.424 e. The number of aromatic nitrogens is 1. The minimum atomic E-state index is -2.99. The van der Waals surface area contributed by atoms with Gasteiger partial charge in [0, 0.05) is 0 Å². The lowest BCUT2D eigenvalue weighted by molar-refractivity contribution is 0.0600. The Labute approximate surface area is 93.2 Å². The molecule has 0 saturated heterocycles. The van der Waals surface area contributed by atoms with Gasteiger partial charge in [-0.2, -0.15) is 8.78 Å².